The van der Waals surface area contributed by atoms with Crippen LogP contribution in [-0.2, 0) is 13.0 Å². The third-order valence-corrected chi connectivity index (χ3v) is 5.73. The Bertz CT molecular complexity index is 1240. The number of phenolic OH excluding ortho intramolecular Hbond substituents is 1. The number of hydrogen-bond donors (Lipinski definition) is 2. The molecule has 2 aromatic carbocycles. The first-order chi connectivity index (χ1) is 15.3. The Morgan fingerprint density at radius 3 is 2.75 bits per heavy atom. The zero-order chi connectivity index (χ0) is 23.0. The zero-order valence-corrected chi connectivity index (χ0v) is 17.4. The Morgan fingerprint density at radius 1 is 1.22 bits per heavy atom. The quantitative estimate of drug-likeness (QED) is 0.601. The highest BCUT2D eigenvalue weighted by atomic mass is 35.5. The monoisotopic (exact) mass is 457 g/mol. The summed E-state index contributed by atoms with van der Waals surface area (Å²) in [5.41, 5.74) is 6.46. The van der Waals surface area contributed by atoms with Crippen molar-refractivity contribution in [3.63, 3.8) is 0 Å². The van der Waals surface area contributed by atoms with Gasteiger partial charge in [0.15, 0.2) is 0 Å². The second-order valence-corrected chi connectivity index (χ2v) is 7.92. The van der Waals surface area contributed by atoms with Crippen LogP contribution in [0.15, 0.2) is 48.7 Å². The molecule has 4 rings (SSSR count). The van der Waals surface area contributed by atoms with E-state index in [9.17, 15) is 23.5 Å². The standard InChI is InChI=1S/C23H18ClF2N3O3/c24-13-8-16-15(18(26)9-13)4-5-19(16)29(11-12-2-1-7-28-21(12)22(27)31)23(32)17-10-14(25)3-6-20(17)30/h1-3,6-10,19,30H,4-5,11H2,(H2,27,31)/t19-/m1/s1. The summed E-state index contributed by atoms with van der Waals surface area (Å²) in [6.45, 7) is -0.126. The largest absolute Gasteiger partial charge is 0.507 e. The van der Waals surface area contributed by atoms with Crippen molar-refractivity contribution in [1.82, 2.24) is 9.88 Å². The van der Waals surface area contributed by atoms with E-state index in [1.54, 1.807) is 18.2 Å². The molecule has 0 spiro atoms. The van der Waals surface area contributed by atoms with Gasteiger partial charge in [0.25, 0.3) is 11.8 Å². The van der Waals surface area contributed by atoms with Crippen LogP contribution in [0.2, 0.25) is 5.02 Å². The number of aromatic hydroxyl groups is 1. The molecule has 1 aliphatic rings. The van der Waals surface area contributed by atoms with Crippen molar-refractivity contribution in [3.8, 4) is 5.75 Å². The fourth-order valence-corrected chi connectivity index (χ4v) is 4.29. The lowest BCUT2D eigenvalue weighted by Crippen LogP contribution is -2.34. The maximum absolute atomic E-state index is 14.5. The van der Waals surface area contributed by atoms with Crippen LogP contribution in [0.3, 0.4) is 0 Å². The minimum Gasteiger partial charge on any atom is -0.507 e. The number of carbonyl (C=O) groups is 2. The van der Waals surface area contributed by atoms with Gasteiger partial charge in [0, 0.05) is 23.3 Å². The Balaban J connectivity index is 1.83. The van der Waals surface area contributed by atoms with E-state index in [2.05, 4.69) is 4.98 Å². The van der Waals surface area contributed by atoms with E-state index in [4.69, 9.17) is 17.3 Å². The second kappa shape index (κ2) is 8.55. The molecule has 3 aromatic rings. The van der Waals surface area contributed by atoms with Crippen LogP contribution in [0.1, 0.15) is 50.0 Å². The lowest BCUT2D eigenvalue weighted by atomic mass is 10.0. The number of benzene rings is 2. The molecule has 1 atom stereocenters. The smallest absolute Gasteiger partial charge is 0.267 e. The van der Waals surface area contributed by atoms with Gasteiger partial charge in [-0.2, -0.15) is 0 Å². The first kappa shape index (κ1) is 21.7. The molecular formula is C23H18ClF2N3O3. The van der Waals surface area contributed by atoms with Crippen molar-refractivity contribution in [2.45, 2.75) is 25.4 Å². The summed E-state index contributed by atoms with van der Waals surface area (Å²) in [4.78, 5) is 30.7. The Morgan fingerprint density at radius 2 is 2.00 bits per heavy atom. The summed E-state index contributed by atoms with van der Waals surface area (Å²) in [5, 5.41) is 10.4. The molecule has 1 heterocycles. The van der Waals surface area contributed by atoms with Gasteiger partial charge in [-0.1, -0.05) is 17.7 Å². The average Bonchev–Trinajstić information content (AvgIpc) is 3.17. The molecule has 0 aliphatic heterocycles. The molecule has 0 fully saturated rings. The lowest BCUT2D eigenvalue weighted by Gasteiger charge is -2.31. The summed E-state index contributed by atoms with van der Waals surface area (Å²) in [7, 11) is 0. The fraction of sp³-hybridized carbons (Fsp3) is 0.174. The van der Waals surface area contributed by atoms with Gasteiger partial charge in [-0.15, -0.1) is 0 Å². The molecule has 9 heteroatoms. The molecule has 0 radical (unpaired) electrons. The van der Waals surface area contributed by atoms with Crippen LogP contribution < -0.4 is 5.73 Å². The van der Waals surface area contributed by atoms with E-state index >= 15 is 0 Å². The van der Waals surface area contributed by atoms with Gasteiger partial charge < -0.3 is 15.7 Å². The number of pyridine rings is 1. The maximum atomic E-state index is 14.5. The molecule has 164 valence electrons. The number of nitrogens with zero attached hydrogens (tertiary/aromatic N) is 2. The van der Waals surface area contributed by atoms with Gasteiger partial charge in [0.1, 0.15) is 23.1 Å². The van der Waals surface area contributed by atoms with E-state index < -0.39 is 35.2 Å². The highest BCUT2D eigenvalue weighted by molar-refractivity contribution is 6.30. The molecule has 2 amide bonds. The van der Waals surface area contributed by atoms with E-state index in [1.807, 2.05) is 0 Å². The van der Waals surface area contributed by atoms with E-state index in [-0.39, 0.29) is 22.8 Å². The molecular weight excluding hydrogens is 440 g/mol. The Labute approximate surface area is 187 Å². The third kappa shape index (κ3) is 4.01. The molecule has 0 saturated carbocycles. The van der Waals surface area contributed by atoms with Crippen LogP contribution in [0, 0.1) is 11.6 Å². The molecule has 6 nitrogen and oxygen atoms in total. The minimum atomic E-state index is -0.775. The minimum absolute atomic E-state index is 0.0238. The first-order valence-electron chi connectivity index (χ1n) is 9.77. The predicted octanol–water partition coefficient (Wildman–Crippen LogP) is 4.15. The van der Waals surface area contributed by atoms with Crippen LogP contribution in [-0.4, -0.2) is 26.8 Å². The van der Waals surface area contributed by atoms with Gasteiger partial charge in [0.2, 0.25) is 0 Å². The van der Waals surface area contributed by atoms with E-state index in [1.165, 1.54) is 17.2 Å². The summed E-state index contributed by atoms with van der Waals surface area (Å²) in [6, 6.07) is 8.38. The van der Waals surface area contributed by atoms with Crippen molar-refractivity contribution >= 4 is 23.4 Å². The zero-order valence-electron chi connectivity index (χ0n) is 16.7. The van der Waals surface area contributed by atoms with Gasteiger partial charge in [-0.05, 0) is 60.4 Å². The number of amides is 2. The van der Waals surface area contributed by atoms with E-state index in [0.29, 0.717) is 29.5 Å². The SMILES string of the molecule is NC(=O)c1ncccc1CN(C(=O)c1cc(F)ccc1O)[C@@H]1CCc2c(F)cc(Cl)cc21. The van der Waals surface area contributed by atoms with Crippen LogP contribution in [0.25, 0.3) is 0 Å². The van der Waals surface area contributed by atoms with Gasteiger partial charge in [0.05, 0.1) is 11.6 Å². The maximum Gasteiger partial charge on any atom is 0.267 e. The highest BCUT2D eigenvalue weighted by Gasteiger charge is 2.35. The van der Waals surface area contributed by atoms with Crippen LogP contribution >= 0.6 is 11.6 Å². The number of rotatable bonds is 5. The molecule has 0 bridgehead atoms. The summed E-state index contributed by atoms with van der Waals surface area (Å²) in [5.74, 6) is -3.05. The average molecular weight is 458 g/mol. The molecule has 1 aliphatic carbocycles. The molecule has 32 heavy (non-hydrogen) atoms. The van der Waals surface area contributed by atoms with Gasteiger partial charge >= 0.3 is 0 Å². The summed E-state index contributed by atoms with van der Waals surface area (Å²) in [6.07, 6.45) is 2.13. The highest BCUT2D eigenvalue weighted by Crippen LogP contribution is 2.40. The van der Waals surface area contributed by atoms with Crippen molar-refractivity contribution < 1.29 is 23.5 Å². The Kier molecular flexibility index (Phi) is 5.80. The third-order valence-electron chi connectivity index (χ3n) is 5.51. The summed E-state index contributed by atoms with van der Waals surface area (Å²) < 4.78 is 28.3. The fourth-order valence-electron chi connectivity index (χ4n) is 4.07. The number of primary amides is 1. The molecule has 3 N–H and O–H groups in total. The molecule has 0 unspecified atom stereocenters. The number of fused-ring (bicyclic) bond motifs is 1. The molecule has 0 saturated heterocycles. The van der Waals surface area contributed by atoms with Crippen molar-refractivity contribution in [2.24, 2.45) is 5.73 Å². The molecule has 1 aromatic heterocycles. The van der Waals surface area contributed by atoms with E-state index in [0.717, 1.165) is 18.2 Å². The predicted molar refractivity (Wildman–Crippen MR) is 113 cm³/mol. The van der Waals surface area contributed by atoms with Crippen LogP contribution in [0.4, 0.5) is 8.78 Å². The number of halogens is 3. The number of aromatic nitrogens is 1. The van der Waals surface area contributed by atoms with Gasteiger partial charge in [-0.3, -0.25) is 14.6 Å². The van der Waals surface area contributed by atoms with Crippen LogP contribution in [0.5, 0.6) is 5.75 Å². The number of hydrogen-bond acceptors (Lipinski definition) is 4. The lowest BCUT2D eigenvalue weighted by molar-refractivity contribution is 0.0652. The number of nitrogens with two attached hydrogens (primary N) is 1. The Hall–Kier alpha value is -3.52. The normalized spacial score (nSPS) is 14.8. The van der Waals surface area contributed by atoms with Crippen molar-refractivity contribution in [1.29, 1.82) is 0 Å². The second-order valence-electron chi connectivity index (χ2n) is 7.48. The summed E-state index contributed by atoms with van der Waals surface area (Å²) >= 11 is 6.06. The topological polar surface area (TPSA) is 96.5 Å². The number of carbonyl (C=O) groups excluding carboxylic acids is 2. The van der Waals surface area contributed by atoms with Gasteiger partial charge in [-0.25, -0.2) is 8.78 Å². The first-order valence-corrected chi connectivity index (χ1v) is 10.1. The number of phenols is 1. The van der Waals surface area contributed by atoms with Crippen molar-refractivity contribution in [3.05, 3.63) is 93.3 Å². The van der Waals surface area contributed by atoms with Crippen molar-refractivity contribution in [2.75, 3.05) is 0 Å².